The standard InChI is InChI=1S/C10H16N2O4S/c1-7(2)11-17(14,15)12-9-6-8(16-3)4-5-10(9)13/h4-7,11-13H,1-3H3. The quantitative estimate of drug-likeness (QED) is 0.691. The molecule has 1 aromatic carbocycles. The molecule has 0 heterocycles. The first-order valence-corrected chi connectivity index (χ1v) is 6.49. The minimum absolute atomic E-state index is 0.0671. The number of hydrogen-bond donors (Lipinski definition) is 3. The lowest BCUT2D eigenvalue weighted by Gasteiger charge is -2.13. The van der Waals surface area contributed by atoms with E-state index in [2.05, 4.69) is 9.44 Å². The summed E-state index contributed by atoms with van der Waals surface area (Å²) in [7, 11) is -2.24. The van der Waals surface area contributed by atoms with Gasteiger partial charge in [-0.05, 0) is 26.0 Å². The summed E-state index contributed by atoms with van der Waals surface area (Å²) < 4.78 is 32.7. The lowest BCUT2D eigenvalue weighted by atomic mass is 10.3. The molecular weight excluding hydrogens is 244 g/mol. The highest BCUT2D eigenvalue weighted by molar-refractivity contribution is 7.90. The predicted octanol–water partition coefficient (Wildman–Crippen LogP) is 1.06. The first kappa shape index (κ1) is 13.6. The Morgan fingerprint density at radius 2 is 2.00 bits per heavy atom. The van der Waals surface area contributed by atoms with Crippen molar-refractivity contribution in [2.75, 3.05) is 11.8 Å². The fourth-order valence-corrected chi connectivity index (χ4v) is 2.34. The average molecular weight is 260 g/mol. The maximum Gasteiger partial charge on any atom is 0.299 e. The van der Waals surface area contributed by atoms with E-state index in [0.717, 1.165) is 0 Å². The molecule has 0 atom stereocenters. The van der Waals surface area contributed by atoms with Gasteiger partial charge in [0, 0.05) is 12.1 Å². The van der Waals surface area contributed by atoms with Crippen LogP contribution in [0.3, 0.4) is 0 Å². The molecule has 1 rings (SSSR count). The van der Waals surface area contributed by atoms with Crippen LogP contribution < -0.4 is 14.2 Å². The molecule has 6 nitrogen and oxygen atoms in total. The number of rotatable bonds is 5. The van der Waals surface area contributed by atoms with Gasteiger partial charge in [0.1, 0.15) is 11.5 Å². The van der Waals surface area contributed by atoms with E-state index < -0.39 is 10.2 Å². The molecule has 7 heteroatoms. The lowest BCUT2D eigenvalue weighted by Crippen LogP contribution is -2.35. The summed E-state index contributed by atoms with van der Waals surface area (Å²) in [5, 5.41) is 9.52. The zero-order valence-electron chi connectivity index (χ0n) is 9.89. The molecule has 0 aliphatic rings. The van der Waals surface area contributed by atoms with E-state index in [4.69, 9.17) is 4.74 Å². The van der Waals surface area contributed by atoms with Gasteiger partial charge in [0.25, 0.3) is 10.2 Å². The van der Waals surface area contributed by atoms with Crippen molar-refractivity contribution >= 4 is 15.9 Å². The van der Waals surface area contributed by atoms with Crippen LogP contribution >= 0.6 is 0 Å². The lowest BCUT2D eigenvalue weighted by molar-refractivity contribution is 0.413. The van der Waals surface area contributed by atoms with Crippen molar-refractivity contribution in [3.05, 3.63) is 18.2 Å². The van der Waals surface area contributed by atoms with Gasteiger partial charge in [0.2, 0.25) is 0 Å². The Kier molecular flexibility index (Phi) is 4.19. The Morgan fingerprint density at radius 3 is 2.53 bits per heavy atom. The van der Waals surface area contributed by atoms with Crippen molar-refractivity contribution < 1.29 is 18.3 Å². The number of nitrogens with one attached hydrogen (secondary N) is 2. The Balaban J connectivity index is 2.94. The van der Waals surface area contributed by atoms with Gasteiger partial charge in [0.15, 0.2) is 0 Å². The van der Waals surface area contributed by atoms with Crippen LogP contribution in [-0.2, 0) is 10.2 Å². The summed E-state index contributed by atoms with van der Waals surface area (Å²) in [6.07, 6.45) is 0. The van der Waals surface area contributed by atoms with Crippen molar-refractivity contribution in [3.8, 4) is 11.5 Å². The first-order valence-electron chi connectivity index (χ1n) is 5.01. The van der Waals surface area contributed by atoms with E-state index >= 15 is 0 Å². The van der Waals surface area contributed by atoms with Gasteiger partial charge in [0.05, 0.1) is 12.8 Å². The number of aromatic hydroxyl groups is 1. The molecule has 0 amide bonds. The normalized spacial score (nSPS) is 11.5. The maximum absolute atomic E-state index is 11.6. The maximum atomic E-state index is 11.6. The van der Waals surface area contributed by atoms with Crippen LogP contribution in [0, 0.1) is 0 Å². The Hall–Kier alpha value is -1.47. The van der Waals surface area contributed by atoms with Crippen LogP contribution in [-0.4, -0.2) is 26.7 Å². The highest BCUT2D eigenvalue weighted by Gasteiger charge is 2.14. The molecular formula is C10H16N2O4S. The summed E-state index contributed by atoms with van der Waals surface area (Å²) in [5.41, 5.74) is 0.0671. The van der Waals surface area contributed by atoms with Crippen molar-refractivity contribution in [3.63, 3.8) is 0 Å². The number of anilines is 1. The Labute approximate surface area is 101 Å². The van der Waals surface area contributed by atoms with Gasteiger partial charge < -0.3 is 9.84 Å². The fraction of sp³-hybridized carbons (Fsp3) is 0.400. The highest BCUT2D eigenvalue weighted by atomic mass is 32.2. The smallest absolute Gasteiger partial charge is 0.299 e. The van der Waals surface area contributed by atoms with E-state index in [9.17, 15) is 13.5 Å². The molecule has 0 aromatic heterocycles. The zero-order chi connectivity index (χ0) is 13.1. The van der Waals surface area contributed by atoms with Crippen LogP contribution in [0.25, 0.3) is 0 Å². The Bertz CT molecular complexity index is 485. The van der Waals surface area contributed by atoms with E-state index in [1.807, 2.05) is 0 Å². The highest BCUT2D eigenvalue weighted by Crippen LogP contribution is 2.28. The average Bonchev–Trinajstić information content (AvgIpc) is 2.19. The fourth-order valence-electron chi connectivity index (χ4n) is 1.21. The second-order valence-corrected chi connectivity index (χ2v) is 5.21. The number of benzene rings is 1. The molecule has 0 bridgehead atoms. The molecule has 0 fully saturated rings. The molecule has 0 aliphatic carbocycles. The van der Waals surface area contributed by atoms with Crippen LogP contribution in [0.5, 0.6) is 11.5 Å². The predicted molar refractivity (Wildman–Crippen MR) is 65.5 cm³/mol. The number of hydrogen-bond acceptors (Lipinski definition) is 4. The monoisotopic (exact) mass is 260 g/mol. The van der Waals surface area contributed by atoms with Gasteiger partial charge in [-0.1, -0.05) is 0 Å². The summed E-state index contributed by atoms with van der Waals surface area (Å²) in [6.45, 7) is 3.40. The number of ether oxygens (including phenoxy) is 1. The second-order valence-electron chi connectivity index (χ2n) is 3.76. The Morgan fingerprint density at radius 1 is 1.35 bits per heavy atom. The van der Waals surface area contributed by atoms with Crippen molar-refractivity contribution in [1.82, 2.24) is 4.72 Å². The van der Waals surface area contributed by atoms with Gasteiger partial charge >= 0.3 is 0 Å². The summed E-state index contributed by atoms with van der Waals surface area (Å²) in [6, 6.07) is 4.05. The topological polar surface area (TPSA) is 87.7 Å². The third kappa shape index (κ3) is 4.12. The van der Waals surface area contributed by atoms with Gasteiger partial charge in [-0.2, -0.15) is 13.1 Å². The minimum Gasteiger partial charge on any atom is -0.506 e. The second kappa shape index (κ2) is 5.24. The molecule has 1 aromatic rings. The summed E-state index contributed by atoms with van der Waals surface area (Å²) in [4.78, 5) is 0. The summed E-state index contributed by atoms with van der Waals surface area (Å²) >= 11 is 0. The van der Waals surface area contributed by atoms with Crippen molar-refractivity contribution in [2.24, 2.45) is 0 Å². The molecule has 0 saturated heterocycles. The van der Waals surface area contributed by atoms with Crippen molar-refractivity contribution in [1.29, 1.82) is 0 Å². The van der Waals surface area contributed by atoms with Gasteiger partial charge in [-0.25, -0.2) is 0 Å². The van der Waals surface area contributed by atoms with E-state index in [1.165, 1.54) is 25.3 Å². The van der Waals surface area contributed by atoms with Crippen LogP contribution in [0.1, 0.15) is 13.8 Å². The molecule has 17 heavy (non-hydrogen) atoms. The number of methoxy groups -OCH3 is 1. The largest absolute Gasteiger partial charge is 0.506 e. The van der Waals surface area contributed by atoms with Gasteiger partial charge in [-0.3, -0.25) is 4.72 Å². The van der Waals surface area contributed by atoms with Crippen LogP contribution in [0.2, 0.25) is 0 Å². The molecule has 0 saturated carbocycles. The summed E-state index contributed by atoms with van der Waals surface area (Å²) in [5.74, 6) is 0.282. The SMILES string of the molecule is COc1ccc(O)c(NS(=O)(=O)NC(C)C)c1. The first-order chi connectivity index (χ1) is 7.84. The number of phenolic OH excluding ortho intramolecular Hbond substituents is 1. The molecule has 3 N–H and O–H groups in total. The minimum atomic E-state index is -3.70. The molecule has 96 valence electrons. The van der Waals surface area contributed by atoms with E-state index in [1.54, 1.807) is 13.8 Å². The molecule has 0 aliphatic heterocycles. The molecule has 0 unspecified atom stereocenters. The molecule has 0 radical (unpaired) electrons. The van der Waals surface area contributed by atoms with Crippen molar-refractivity contribution in [2.45, 2.75) is 19.9 Å². The third-order valence-electron chi connectivity index (χ3n) is 1.84. The van der Waals surface area contributed by atoms with Gasteiger partial charge in [-0.15, -0.1) is 0 Å². The van der Waals surface area contributed by atoms with E-state index in [-0.39, 0.29) is 17.5 Å². The zero-order valence-corrected chi connectivity index (χ0v) is 10.7. The number of phenols is 1. The van der Waals surface area contributed by atoms with Crippen LogP contribution in [0.4, 0.5) is 5.69 Å². The van der Waals surface area contributed by atoms with Crippen LogP contribution in [0.15, 0.2) is 18.2 Å². The third-order valence-corrected chi connectivity index (χ3v) is 3.11. The molecule has 0 spiro atoms. The van der Waals surface area contributed by atoms with E-state index in [0.29, 0.717) is 5.75 Å².